The van der Waals surface area contributed by atoms with Gasteiger partial charge in [0.25, 0.3) is 0 Å². The summed E-state index contributed by atoms with van der Waals surface area (Å²) < 4.78 is 6.35. The van der Waals surface area contributed by atoms with E-state index in [1.54, 1.807) is 30.9 Å². The Morgan fingerprint density at radius 2 is 2.20 bits per heavy atom. The molecule has 0 N–H and O–H groups in total. The van der Waals surface area contributed by atoms with Crippen LogP contribution >= 0.6 is 0 Å². The summed E-state index contributed by atoms with van der Waals surface area (Å²) in [6, 6.07) is 0. The standard InChI is InChI=1S/C10H14N2O3/c1-3-15-9(14)5-4-8(13)10-11-6-7-12(10)2/h6-7H,3-5H2,1-2H3. The van der Waals surface area contributed by atoms with E-state index < -0.39 is 0 Å². The molecule has 0 radical (unpaired) electrons. The number of ketones is 1. The Hall–Kier alpha value is -1.65. The number of rotatable bonds is 5. The molecule has 0 aliphatic heterocycles. The van der Waals surface area contributed by atoms with Gasteiger partial charge in [0.1, 0.15) is 0 Å². The highest BCUT2D eigenvalue weighted by molar-refractivity contribution is 5.94. The van der Waals surface area contributed by atoms with Crippen LogP contribution in [0, 0.1) is 0 Å². The van der Waals surface area contributed by atoms with E-state index >= 15 is 0 Å². The number of hydrogen-bond acceptors (Lipinski definition) is 4. The van der Waals surface area contributed by atoms with Gasteiger partial charge in [0.15, 0.2) is 11.6 Å². The summed E-state index contributed by atoms with van der Waals surface area (Å²) in [5.74, 6) is -0.116. The summed E-state index contributed by atoms with van der Waals surface area (Å²) in [5, 5.41) is 0. The quantitative estimate of drug-likeness (QED) is 0.536. The van der Waals surface area contributed by atoms with Gasteiger partial charge in [-0.15, -0.1) is 0 Å². The highest BCUT2D eigenvalue weighted by Crippen LogP contribution is 2.03. The van der Waals surface area contributed by atoms with Gasteiger partial charge in [0, 0.05) is 25.9 Å². The molecule has 0 aliphatic carbocycles. The summed E-state index contributed by atoms with van der Waals surface area (Å²) in [6.45, 7) is 2.08. The Morgan fingerprint density at radius 1 is 1.47 bits per heavy atom. The molecular weight excluding hydrogens is 196 g/mol. The Labute approximate surface area is 88.1 Å². The van der Waals surface area contributed by atoms with Gasteiger partial charge in [-0.1, -0.05) is 0 Å². The van der Waals surface area contributed by atoms with E-state index in [0.717, 1.165) is 0 Å². The Kier molecular flexibility index (Phi) is 4.03. The fourth-order valence-corrected chi connectivity index (χ4v) is 1.19. The van der Waals surface area contributed by atoms with Gasteiger partial charge < -0.3 is 9.30 Å². The summed E-state index contributed by atoms with van der Waals surface area (Å²) in [4.78, 5) is 26.4. The molecule has 0 fully saturated rings. The predicted molar refractivity (Wildman–Crippen MR) is 53.4 cm³/mol. The van der Waals surface area contributed by atoms with E-state index in [0.29, 0.717) is 12.4 Å². The van der Waals surface area contributed by atoms with E-state index in [-0.39, 0.29) is 24.6 Å². The molecule has 0 aromatic carbocycles. The van der Waals surface area contributed by atoms with Crippen LogP contribution in [-0.4, -0.2) is 27.9 Å². The number of nitrogens with zero attached hydrogens (tertiary/aromatic N) is 2. The van der Waals surface area contributed by atoms with Crippen molar-refractivity contribution in [2.24, 2.45) is 7.05 Å². The van der Waals surface area contributed by atoms with Crippen molar-refractivity contribution in [2.75, 3.05) is 6.61 Å². The second-order valence-electron chi connectivity index (χ2n) is 3.09. The molecule has 0 saturated heterocycles. The molecule has 1 aromatic heterocycles. The van der Waals surface area contributed by atoms with Gasteiger partial charge in [-0.25, -0.2) is 4.98 Å². The van der Waals surface area contributed by atoms with Gasteiger partial charge in [0.05, 0.1) is 13.0 Å². The number of esters is 1. The number of ether oxygens (including phenoxy) is 1. The smallest absolute Gasteiger partial charge is 0.306 e. The summed E-state index contributed by atoms with van der Waals surface area (Å²) in [7, 11) is 1.74. The predicted octanol–water partition coefficient (Wildman–Crippen LogP) is 0.946. The van der Waals surface area contributed by atoms with Crippen LogP contribution in [0.15, 0.2) is 12.4 Å². The molecule has 1 rings (SSSR count). The molecule has 5 heteroatoms. The minimum Gasteiger partial charge on any atom is -0.466 e. The second-order valence-corrected chi connectivity index (χ2v) is 3.09. The van der Waals surface area contributed by atoms with Crippen molar-refractivity contribution in [1.82, 2.24) is 9.55 Å². The Balaban J connectivity index is 2.44. The fourth-order valence-electron chi connectivity index (χ4n) is 1.19. The normalized spacial score (nSPS) is 10.0. The zero-order valence-corrected chi connectivity index (χ0v) is 8.90. The van der Waals surface area contributed by atoms with E-state index in [2.05, 4.69) is 4.98 Å². The SMILES string of the molecule is CCOC(=O)CCC(=O)c1nccn1C. The van der Waals surface area contributed by atoms with E-state index in [1.807, 2.05) is 0 Å². The average Bonchev–Trinajstić information content (AvgIpc) is 2.61. The number of carbonyl (C=O) groups excluding carboxylic acids is 2. The van der Waals surface area contributed by atoms with Crippen LogP contribution in [0.4, 0.5) is 0 Å². The second kappa shape index (κ2) is 5.29. The monoisotopic (exact) mass is 210 g/mol. The topological polar surface area (TPSA) is 61.2 Å². The number of aromatic nitrogens is 2. The lowest BCUT2D eigenvalue weighted by atomic mass is 10.2. The lowest BCUT2D eigenvalue weighted by molar-refractivity contribution is -0.143. The first-order valence-electron chi connectivity index (χ1n) is 4.81. The summed E-state index contributed by atoms with van der Waals surface area (Å²) >= 11 is 0. The molecule has 0 unspecified atom stereocenters. The maximum atomic E-state index is 11.5. The molecule has 0 spiro atoms. The van der Waals surface area contributed by atoms with Crippen molar-refractivity contribution in [1.29, 1.82) is 0 Å². The lowest BCUT2D eigenvalue weighted by Crippen LogP contribution is -2.11. The number of Topliss-reactive ketones (excluding diaryl/α,β-unsaturated/α-hetero) is 1. The average molecular weight is 210 g/mol. The van der Waals surface area contributed by atoms with Crippen molar-refractivity contribution < 1.29 is 14.3 Å². The highest BCUT2D eigenvalue weighted by Gasteiger charge is 2.13. The van der Waals surface area contributed by atoms with Crippen LogP contribution in [0.25, 0.3) is 0 Å². The Bertz CT molecular complexity index is 357. The fraction of sp³-hybridized carbons (Fsp3) is 0.500. The van der Waals surface area contributed by atoms with Crippen LogP contribution < -0.4 is 0 Å². The third-order valence-corrected chi connectivity index (χ3v) is 1.93. The third-order valence-electron chi connectivity index (χ3n) is 1.93. The molecule has 0 aliphatic rings. The minimum absolute atomic E-state index is 0.111. The van der Waals surface area contributed by atoms with Crippen molar-refractivity contribution in [2.45, 2.75) is 19.8 Å². The Morgan fingerprint density at radius 3 is 2.73 bits per heavy atom. The summed E-state index contributed by atoms with van der Waals surface area (Å²) in [5.41, 5.74) is 0. The van der Waals surface area contributed by atoms with Gasteiger partial charge in [-0.3, -0.25) is 9.59 Å². The molecule has 15 heavy (non-hydrogen) atoms. The first-order chi connectivity index (χ1) is 7.15. The third kappa shape index (κ3) is 3.19. The van der Waals surface area contributed by atoms with Crippen LogP contribution in [0.1, 0.15) is 30.4 Å². The lowest BCUT2D eigenvalue weighted by Gasteiger charge is -2.01. The molecule has 1 heterocycles. The number of carbonyl (C=O) groups is 2. The van der Waals surface area contributed by atoms with Crippen LogP contribution in [-0.2, 0) is 16.6 Å². The largest absolute Gasteiger partial charge is 0.466 e. The first kappa shape index (κ1) is 11.4. The van der Waals surface area contributed by atoms with Crippen molar-refractivity contribution >= 4 is 11.8 Å². The first-order valence-corrected chi connectivity index (χ1v) is 4.81. The molecule has 0 saturated carbocycles. The van der Waals surface area contributed by atoms with E-state index in [9.17, 15) is 9.59 Å². The highest BCUT2D eigenvalue weighted by atomic mass is 16.5. The number of imidazole rings is 1. The molecule has 0 amide bonds. The van der Waals surface area contributed by atoms with Gasteiger partial charge >= 0.3 is 5.97 Å². The van der Waals surface area contributed by atoms with Crippen molar-refractivity contribution in [3.8, 4) is 0 Å². The maximum Gasteiger partial charge on any atom is 0.306 e. The number of aryl methyl sites for hydroxylation is 1. The van der Waals surface area contributed by atoms with Crippen LogP contribution in [0.2, 0.25) is 0 Å². The van der Waals surface area contributed by atoms with Crippen LogP contribution in [0.3, 0.4) is 0 Å². The number of hydrogen-bond donors (Lipinski definition) is 0. The van der Waals surface area contributed by atoms with Crippen LogP contribution in [0.5, 0.6) is 0 Å². The minimum atomic E-state index is -0.347. The zero-order valence-electron chi connectivity index (χ0n) is 8.90. The van der Waals surface area contributed by atoms with Crippen molar-refractivity contribution in [3.05, 3.63) is 18.2 Å². The van der Waals surface area contributed by atoms with Crippen molar-refractivity contribution in [3.63, 3.8) is 0 Å². The summed E-state index contributed by atoms with van der Waals surface area (Å²) in [6.07, 6.45) is 3.50. The van der Waals surface area contributed by atoms with Gasteiger partial charge in [-0.05, 0) is 6.92 Å². The zero-order chi connectivity index (χ0) is 11.3. The molecule has 5 nitrogen and oxygen atoms in total. The molecule has 0 bridgehead atoms. The molecular formula is C10H14N2O3. The van der Waals surface area contributed by atoms with Gasteiger partial charge in [0.2, 0.25) is 0 Å². The van der Waals surface area contributed by atoms with Gasteiger partial charge in [-0.2, -0.15) is 0 Å². The molecule has 1 aromatic rings. The van der Waals surface area contributed by atoms with E-state index in [4.69, 9.17) is 4.74 Å². The molecule has 82 valence electrons. The molecule has 0 atom stereocenters. The van der Waals surface area contributed by atoms with E-state index in [1.165, 1.54) is 0 Å². The maximum absolute atomic E-state index is 11.5.